The zero-order valence-corrected chi connectivity index (χ0v) is 9.18. The van der Waals surface area contributed by atoms with E-state index >= 15 is 0 Å². The molecule has 0 bridgehead atoms. The topological polar surface area (TPSA) is 82.4 Å². The van der Waals surface area contributed by atoms with Gasteiger partial charge in [0.2, 0.25) is 0 Å². The zero-order chi connectivity index (χ0) is 12.5. The lowest BCUT2D eigenvalue weighted by Gasteiger charge is -2.09. The monoisotopic (exact) mass is 244 g/mol. The molecule has 1 aromatic carbocycles. The maximum atomic E-state index is 12.8. The van der Waals surface area contributed by atoms with Crippen molar-refractivity contribution in [3.05, 3.63) is 48.1 Å². The number of H-pyrrole nitrogens is 1. The molecule has 3 N–H and O–H groups in total. The van der Waals surface area contributed by atoms with Crippen LogP contribution in [0.15, 0.2) is 36.8 Å². The highest BCUT2D eigenvalue weighted by molar-refractivity contribution is 5.71. The van der Waals surface area contributed by atoms with Gasteiger partial charge in [-0.2, -0.15) is 5.10 Å². The first-order valence-corrected chi connectivity index (χ1v) is 5.22. The van der Waals surface area contributed by atoms with E-state index in [-0.39, 0.29) is 11.3 Å². The molecule has 0 aliphatic rings. The second-order valence-corrected chi connectivity index (χ2v) is 3.71. The molecule has 0 spiro atoms. The molecule has 0 aliphatic heterocycles. The number of rotatable bonds is 2. The predicted octanol–water partition coefficient (Wildman–Crippen LogP) is 1.25. The number of hydrogen-bond donors (Lipinski definition) is 3. The third-order valence-electron chi connectivity index (χ3n) is 2.51. The van der Waals surface area contributed by atoms with Gasteiger partial charge in [0, 0.05) is 0 Å². The van der Waals surface area contributed by atoms with Crippen LogP contribution in [-0.4, -0.2) is 19.9 Å². The molecule has 3 aromatic rings. The van der Waals surface area contributed by atoms with Crippen molar-refractivity contribution in [2.45, 2.75) is 0 Å². The molecule has 0 fully saturated rings. The minimum absolute atomic E-state index is 0.220. The molecule has 0 saturated carbocycles. The molecule has 18 heavy (non-hydrogen) atoms. The third kappa shape index (κ3) is 1.71. The fraction of sp³-hybridized carbons (Fsp3) is 0. The van der Waals surface area contributed by atoms with Gasteiger partial charge < -0.3 is 0 Å². The standard InChI is InChI=1S/C11H9FN6/c12-7-1-3-8(4-2-7)17-18-6-14-11-9(10(18)13)5-15-16-11/h1-6,13,17H,(H,15,16). The Morgan fingerprint density at radius 2 is 2.06 bits per heavy atom. The maximum absolute atomic E-state index is 12.8. The van der Waals surface area contributed by atoms with Gasteiger partial charge >= 0.3 is 0 Å². The molecular weight excluding hydrogens is 235 g/mol. The van der Waals surface area contributed by atoms with Crippen LogP contribution in [0.5, 0.6) is 0 Å². The van der Waals surface area contributed by atoms with Crippen molar-refractivity contribution >= 4 is 16.7 Å². The van der Waals surface area contributed by atoms with Crippen LogP contribution in [0.1, 0.15) is 0 Å². The third-order valence-corrected chi connectivity index (χ3v) is 2.51. The number of halogens is 1. The Morgan fingerprint density at radius 3 is 2.83 bits per heavy atom. The van der Waals surface area contributed by atoms with Crippen molar-refractivity contribution in [1.82, 2.24) is 19.9 Å². The number of nitrogens with zero attached hydrogens (tertiary/aromatic N) is 3. The number of aromatic nitrogens is 4. The first-order valence-electron chi connectivity index (χ1n) is 5.22. The van der Waals surface area contributed by atoms with Gasteiger partial charge in [0.15, 0.2) is 11.1 Å². The summed E-state index contributed by atoms with van der Waals surface area (Å²) in [6.45, 7) is 0. The van der Waals surface area contributed by atoms with Gasteiger partial charge in [-0.1, -0.05) is 0 Å². The Hall–Kier alpha value is -2.70. The quantitative estimate of drug-likeness (QED) is 0.634. The van der Waals surface area contributed by atoms with E-state index in [4.69, 9.17) is 5.41 Å². The van der Waals surface area contributed by atoms with Gasteiger partial charge in [0.25, 0.3) is 0 Å². The lowest BCUT2D eigenvalue weighted by atomic mass is 10.3. The van der Waals surface area contributed by atoms with Crippen LogP contribution in [0.3, 0.4) is 0 Å². The van der Waals surface area contributed by atoms with Crippen molar-refractivity contribution in [3.63, 3.8) is 0 Å². The molecule has 2 aromatic heterocycles. The Bertz CT molecular complexity index is 742. The Labute approximate surface area is 101 Å². The van der Waals surface area contributed by atoms with Gasteiger partial charge in [0.1, 0.15) is 12.1 Å². The molecule has 0 unspecified atom stereocenters. The molecule has 90 valence electrons. The summed E-state index contributed by atoms with van der Waals surface area (Å²) in [6, 6.07) is 5.86. The molecular formula is C11H9FN6. The van der Waals surface area contributed by atoms with E-state index in [2.05, 4.69) is 20.6 Å². The van der Waals surface area contributed by atoms with Gasteiger partial charge in [0.05, 0.1) is 17.3 Å². The normalized spacial score (nSPS) is 10.7. The Balaban J connectivity index is 2.02. The van der Waals surface area contributed by atoms with Crippen LogP contribution in [0.4, 0.5) is 10.1 Å². The number of benzene rings is 1. The fourth-order valence-corrected chi connectivity index (χ4v) is 1.60. The van der Waals surface area contributed by atoms with Crippen molar-refractivity contribution in [3.8, 4) is 0 Å². The van der Waals surface area contributed by atoms with Gasteiger partial charge in [-0.15, -0.1) is 0 Å². The highest BCUT2D eigenvalue weighted by Gasteiger charge is 2.02. The molecule has 0 radical (unpaired) electrons. The molecule has 7 heteroatoms. The summed E-state index contributed by atoms with van der Waals surface area (Å²) in [4.78, 5) is 4.10. The van der Waals surface area contributed by atoms with Crippen molar-refractivity contribution in [2.75, 3.05) is 5.43 Å². The van der Waals surface area contributed by atoms with E-state index in [1.165, 1.54) is 29.3 Å². The van der Waals surface area contributed by atoms with E-state index in [0.29, 0.717) is 16.7 Å². The van der Waals surface area contributed by atoms with E-state index in [1.54, 1.807) is 12.1 Å². The molecule has 3 rings (SSSR count). The lowest BCUT2D eigenvalue weighted by Crippen LogP contribution is -2.26. The molecule has 0 saturated heterocycles. The first kappa shape index (κ1) is 10.5. The molecule has 0 amide bonds. The maximum Gasteiger partial charge on any atom is 0.160 e. The van der Waals surface area contributed by atoms with Crippen LogP contribution in [-0.2, 0) is 0 Å². The summed E-state index contributed by atoms with van der Waals surface area (Å²) in [5, 5.41) is 15.1. The summed E-state index contributed by atoms with van der Waals surface area (Å²) in [5.41, 5.74) is 4.38. The molecule has 2 heterocycles. The highest BCUT2D eigenvalue weighted by atomic mass is 19.1. The first-order chi connectivity index (χ1) is 8.74. The lowest BCUT2D eigenvalue weighted by molar-refractivity contribution is 0.628. The van der Waals surface area contributed by atoms with Crippen LogP contribution >= 0.6 is 0 Å². The largest absolute Gasteiger partial charge is 0.292 e. The molecule has 6 nitrogen and oxygen atoms in total. The van der Waals surface area contributed by atoms with Crippen LogP contribution in [0, 0.1) is 11.2 Å². The van der Waals surface area contributed by atoms with Gasteiger partial charge in [-0.25, -0.2) is 14.1 Å². The van der Waals surface area contributed by atoms with Gasteiger partial charge in [-0.3, -0.25) is 15.9 Å². The van der Waals surface area contributed by atoms with E-state index in [9.17, 15) is 4.39 Å². The smallest absolute Gasteiger partial charge is 0.160 e. The number of aromatic amines is 1. The fourth-order valence-electron chi connectivity index (χ4n) is 1.60. The second-order valence-electron chi connectivity index (χ2n) is 3.71. The average Bonchev–Trinajstić information content (AvgIpc) is 2.84. The summed E-state index contributed by atoms with van der Waals surface area (Å²) in [5.74, 6) is -0.306. The number of nitrogens with one attached hydrogen (secondary N) is 3. The van der Waals surface area contributed by atoms with Crippen molar-refractivity contribution in [1.29, 1.82) is 5.41 Å². The Morgan fingerprint density at radius 1 is 1.28 bits per heavy atom. The average molecular weight is 244 g/mol. The number of anilines is 1. The predicted molar refractivity (Wildman–Crippen MR) is 63.2 cm³/mol. The van der Waals surface area contributed by atoms with Crippen LogP contribution in [0.2, 0.25) is 0 Å². The summed E-state index contributed by atoms with van der Waals surface area (Å²) in [7, 11) is 0. The molecule has 0 aliphatic carbocycles. The number of fused-ring (bicyclic) bond motifs is 1. The minimum Gasteiger partial charge on any atom is -0.292 e. The van der Waals surface area contributed by atoms with E-state index in [1.807, 2.05) is 0 Å². The van der Waals surface area contributed by atoms with Crippen LogP contribution in [0.25, 0.3) is 11.0 Å². The number of hydrogen-bond acceptors (Lipinski definition) is 4. The van der Waals surface area contributed by atoms with Crippen LogP contribution < -0.4 is 10.9 Å². The van der Waals surface area contributed by atoms with Crippen molar-refractivity contribution < 1.29 is 4.39 Å². The van der Waals surface area contributed by atoms with E-state index < -0.39 is 0 Å². The highest BCUT2D eigenvalue weighted by Crippen LogP contribution is 2.08. The van der Waals surface area contributed by atoms with Crippen molar-refractivity contribution in [2.24, 2.45) is 0 Å². The minimum atomic E-state index is -0.306. The SMILES string of the molecule is N=c1c2cn[nH]c2ncn1Nc1ccc(F)cc1. The molecule has 0 atom stereocenters. The Kier molecular flexibility index (Phi) is 2.30. The second kappa shape index (κ2) is 3.95. The zero-order valence-electron chi connectivity index (χ0n) is 9.18. The summed E-state index contributed by atoms with van der Waals surface area (Å²) >= 11 is 0. The van der Waals surface area contributed by atoms with E-state index in [0.717, 1.165) is 0 Å². The summed E-state index contributed by atoms with van der Waals surface area (Å²) < 4.78 is 14.2. The van der Waals surface area contributed by atoms with Gasteiger partial charge in [-0.05, 0) is 24.3 Å². The summed E-state index contributed by atoms with van der Waals surface area (Å²) in [6.07, 6.45) is 3.00.